The van der Waals surface area contributed by atoms with Gasteiger partial charge in [-0.15, -0.1) is 12.4 Å². The fourth-order valence-corrected chi connectivity index (χ4v) is 4.23. The summed E-state index contributed by atoms with van der Waals surface area (Å²) in [5, 5.41) is 16.6. The first-order valence-corrected chi connectivity index (χ1v) is 10.6. The Morgan fingerprint density at radius 1 is 1.21 bits per heavy atom. The molecule has 0 spiro atoms. The van der Waals surface area contributed by atoms with E-state index in [2.05, 4.69) is 21.4 Å². The van der Waals surface area contributed by atoms with Crippen LogP contribution >= 0.6 is 12.4 Å². The summed E-state index contributed by atoms with van der Waals surface area (Å²) in [5.41, 5.74) is 3.91. The summed E-state index contributed by atoms with van der Waals surface area (Å²) in [6.45, 7) is 3.27. The number of aromatic nitrogens is 2. The van der Waals surface area contributed by atoms with Crippen LogP contribution in [0.15, 0.2) is 48.5 Å². The van der Waals surface area contributed by atoms with Gasteiger partial charge in [-0.1, -0.05) is 12.1 Å². The van der Waals surface area contributed by atoms with Gasteiger partial charge in [0.15, 0.2) is 5.69 Å². The molecule has 1 unspecified atom stereocenters. The molecule has 0 fully saturated rings. The monoisotopic (exact) mass is 467 g/mol. The second-order valence-corrected chi connectivity index (χ2v) is 8.20. The van der Waals surface area contributed by atoms with E-state index in [1.54, 1.807) is 30.3 Å². The van der Waals surface area contributed by atoms with E-state index in [1.165, 1.54) is 12.1 Å². The van der Waals surface area contributed by atoms with E-state index < -0.39 is 0 Å². The van der Waals surface area contributed by atoms with Gasteiger partial charge in [0.05, 0.1) is 29.9 Å². The van der Waals surface area contributed by atoms with Crippen LogP contribution in [0.4, 0.5) is 4.39 Å². The number of carbonyl (C=O) groups excluding carboxylic acids is 1. The summed E-state index contributed by atoms with van der Waals surface area (Å²) in [7, 11) is 0. The number of ether oxygens (including phenoxy) is 1. The first-order chi connectivity index (χ1) is 15.6. The summed E-state index contributed by atoms with van der Waals surface area (Å²) >= 11 is 0. The van der Waals surface area contributed by atoms with Crippen molar-refractivity contribution in [3.8, 4) is 11.8 Å². The maximum Gasteiger partial charge on any atom is 0.272 e. The van der Waals surface area contributed by atoms with Crippen LogP contribution in [0.25, 0.3) is 0 Å². The first kappa shape index (κ1) is 22.8. The number of nitriles is 1. The Balaban J connectivity index is 0.00000259. The minimum Gasteiger partial charge on any atom is -0.491 e. The van der Waals surface area contributed by atoms with E-state index in [9.17, 15) is 9.18 Å². The highest BCUT2D eigenvalue weighted by atomic mass is 35.5. The van der Waals surface area contributed by atoms with Gasteiger partial charge in [-0.3, -0.25) is 14.4 Å². The molecule has 5 rings (SSSR count). The maximum atomic E-state index is 13.1. The van der Waals surface area contributed by atoms with E-state index in [4.69, 9.17) is 10.00 Å². The van der Waals surface area contributed by atoms with Crippen LogP contribution < -0.4 is 10.1 Å². The molecule has 1 atom stereocenters. The molecule has 3 heterocycles. The molecule has 7 nitrogen and oxygen atoms in total. The molecule has 9 heteroatoms. The van der Waals surface area contributed by atoms with E-state index in [-0.39, 0.29) is 30.2 Å². The number of amides is 1. The lowest BCUT2D eigenvalue weighted by Gasteiger charge is -2.27. The molecule has 0 saturated heterocycles. The van der Waals surface area contributed by atoms with Crippen molar-refractivity contribution in [1.29, 1.82) is 5.26 Å². The Morgan fingerprint density at radius 2 is 2.03 bits per heavy atom. The first-order valence-electron chi connectivity index (χ1n) is 10.6. The smallest absolute Gasteiger partial charge is 0.272 e. The molecule has 1 aromatic heterocycles. The molecule has 170 valence electrons. The third-order valence-corrected chi connectivity index (χ3v) is 5.86. The molecule has 0 saturated carbocycles. The molecular weight excluding hydrogens is 445 g/mol. The summed E-state index contributed by atoms with van der Waals surface area (Å²) < 4.78 is 20.8. The van der Waals surface area contributed by atoms with Gasteiger partial charge < -0.3 is 10.1 Å². The highest BCUT2D eigenvalue weighted by Gasteiger charge is 2.25. The molecule has 0 radical (unpaired) electrons. The molecule has 0 bridgehead atoms. The Morgan fingerprint density at radius 3 is 2.82 bits per heavy atom. The van der Waals surface area contributed by atoms with Crippen molar-refractivity contribution in [2.75, 3.05) is 13.2 Å². The Kier molecular flexibility index (Phi) is 6.63. The number of nitrogens with one attached hydrogen (secondary N) is 1. The van der Waals surface area contributed by atoms with Crippen molar-refractivity contribution < 1.29 is 13.9 Å². The van der Waals surface area contributed by atoms with Crippen LogP contribution in [0, 0.1) is 17.1 Å². The number of halogens is 2. The van der Waals surface area contributed by atoms with E-state index >= 15 is 0 Å². The number of fused-ring (bicyclic) bond motifs is 2. The summed E-state index contributed by atoms with van der Waals surface area (Å²) in [5.74, 6) is 0.289. The second-order valence-electron chi connectivity index (χ2n) is 8.20. The van der Waals surface area contributed by atoms with Gasteiger partial charge in [-0.05, 0) is 53.9 Å². The lowest BCUT2D eigenvalue weighted by Crippen LogP contribution is -2.42. The third-order valence-electron chi connectivity index (χ3n) is 5.86. The van der Waals surface area contributed by atoms with Crippen molar-refractivity contribution in [2.24, 2.45) is 0 Å². The number of hydrogen-bond acceptors (Lipinski definition) is 5. The van der Waals surface area contributed by atoms with Crippen molar-refractivity contribution in [3.05, 3.63) is 82.4 Å². The normalized spacial score (nSPS) is 17.0. The van der Waals surface area contributed by atoms with Crippen molar-refractivity contribution in [3.63, 3.8) is 0 Å². The average Bonchev–Trinajstić information content (AvgIpc) is 3.24. The zero-order valence-electron chi connectivity index (χ0n) is 17.8. The fourth-order valence-electron chi connectivity index (χ4n) is 4.23. The van der Waals surface area contributed by atoms with Crippen molar-refractivity contribution in [1.82, 2.24) is 20.0 Å². The Hall–Kier alpha value is -3.41. The lowest BCUT2D eigenvalue weighted by molar-refractivity contribution is 0.0909. The van der Waals surface area contributed by atoms with Gasteiger partial charge in [0.2, 0.25) is 0 Å². The van der Waals surface area contributed by atoms with Gasteiger partial charge >= 0.3 is 0 Å². The number of carbonyl (C=O) groups is 1. The summed E-state index contributed by atoms with van der Waals surface area (Å²) in [4.78, 5) is 15.1. The van der Waals surface area contributed by atoms with E-state index in [0.717, 1.165) is 35.7 Å². The number of benzene rings is 2. The molecular formula is C24H23ClFN5O2. The van der Waals surface area contributed by atoms with Crippen molar-refractivity contribution >= 4 is 18.3 Å². The predicted octanol–water partition coefficient (Wildman–Crippen LogP) is 3.06. The second kappa shape index (κ2) is 9.61. The molecule has 2 aromatic carbocycles. The number of hydrogen-bond donors (Lipinski definition) is 1. The Bertz CT molecular complexity index is 1200. The highest BCUT2D eigenvalue weighted by Crippen LogP contribution is 2.26. The number of nitrogens with zero attached hydrogens (tertiary/aromatic N) is 4. The van der Waals surface area contributed by atoms with E-state index in [1.807, 2.05) is 10.7 Å². The zero-order chi connectivity index (χ0) is 22.1. The molecule has 2 aliphatic rings. The largest absolute Gasteiger partial charge is 0.491 e. The minimum absolute atomic E-state index is 0. The van der Waals surface area contributed by atoms with Crippen LogP contribution in [0.3, 0.4) is 0 Å². The quantitative estimate of drug-likeness (QED) is 0.637. The fraction of sp³-hybridized carbons (Fsp3) is 0.292. The number of rotatable bonds is 4. The molecule has 1 amide bonds. The van der Waals surface area contributed by atoms with Gasteiger partial charge in [-0.2, -0.15) is 10.4 Å². The van der Waals surface area contributed by atoms with Crippen LogP contribution in [0.2, 0.25) is 0 Å². The van der Waals surface area contributed by atoms with Crippen LogP contribution in [-0.2, 0) is 26.1 Å². The molecule has 3 aromatic rings. The average molecular weight is 468 g/mol. The third kappa shape index (κ3) is 5.00. The maximum absolute atomic E-state index is 13.1. The van der Waals surface area contributed by atoms with Crippen molar-refractivity contribution in [2.45, 2.75) is 32.1 Å². The predicted molar refractivity (Wildman–Crippen MR) is 122 cm³/mol. The molecule has 0 aliphatic carbocycles. The molecule has 1 N–H and O–H groups in total. The Labute approximate surface area is 197 Å². The summed E-state index contributed by atoms with van der Waals surface area (Å²) in [6.07, 6.45) is 0.607. The highest BCUT2D eigenvalue weighted by molar-refractivity contribution is 5.92. The summed E-state index contributed by atoms with van der Waals surface area (Å²) in [6, 6.07) is 15.6. The van der Waals surface area contributed by atoms with Gasteiger partial charge in [0.25, 0.3) is 5.91 Å². The van der Waals surface area contributed by atoms with Gasteiger partial charge in [-0.25, -0.2) is 4.39 Å². The van der Waals surface area contributed by atoms with Crippen LogP contribution in [-0.4, -0.2) is 39.8 Å². The SMILES string of the molecule is Cl.N#Cc1ccc2c(c1)CC(NC(=O)c1cc3n(n1)CCN(Cc1ccc(F)cc1)C3)CO2. The van der Waals surface area contributed by atoms with Gasteiger partial charge in [0, 0.05) is 19.6 Å². The van der Waals surface area contributed by atoms with Crippen LogP contribution in [0.5, 0.6) is 5.75 Å². The standard InChI is InChI=1S/C24H22FN5O2.ClH/c25-19-4-1-16(2-5-19)13-29-7-8-30-21(14-29)11-22(28-30)24(31)27-20-10-18-9-17(12-26)3-6-23(18)32-15-20;/h1-6,9,11,20H,7-8,10,13-15H2,(H,27,31);1H. The minimum atomic E-state index is -0.238. The zero-order valence-corrected chi connectivity index (χ0v) is 18.6. The lowest BCUT2D eigenvalue weighted by atomic mass is 10.0. The molecule has 2 aliphatic heterocycles. The van der Waals surface area contributed by atoms with Gasteiger partial charge in [0.1, 0.15) is 18.2 Å². The van der Waals surface area contributed by atoms with E-state index in [0.29, 0.717) is 37.4 Å². The van der Waals surface area contributed by atoms with Crippen LogP contribution in [0.1, 0.15) is 32.9 Å². The molecule has 33 heavy (non-hydrogen) atoms. The topological polar surface area (TPSA) is 83.2 Å².